The predicted octanol–water partition coefficient (Wildman–Crippen LogP) is 2.36. The third-order valence-corrected chi connectivity index (χ3v) is 5.38. The zero-order chi connectivity index (χ0) is 15.6. The van der Waals surface area contributed by atoms with Crippen LogP contribution in [0.3, 0.4) is 0 Å². The molecule has 6 heteroatoms. The smallest absolute Gasteiger partial charge is 0.243 e. The first-order valence-electron chi connectivity index (χ1n) is 6.85. The van der Waals surface area contributed by atoms with Crippen LogP contribution in [0.15, 0.2) is 41.4 Å². The molecule has 114 valence electrons. The summed E-state index contributed by atoms with van der Waals surface area (Å²) < 4.78 is 28.1. The Bertz CT molecular complexity index is 703. The SMILES string of the molecule is CC(C)c1ccc(S(=O)(=O)N(C)Cc2ccnn2C)cc1. The van der Waals surface area contributed by atoms with Crippen molar-refractivity contribution in [2.75, 3.05) is 7.05 Å². The fourth-order valence-corrected chi connectivity index (χ4v) is 3.22. The van der Waals surface area contributed by atoms with E-state index in [4.69, 9.17) is 0 Å². The average molecular weight is 307 g/mol. The van der Waals surface area contributed by atoms with Gasteiger partial charge in [-0.2, -0.15) is 9.40 Å². The molecular formula is C15H21N3O2S. The van der Waals surface area contributed by atoms with Gasteiger partial charge < -0.3 is 0 Å². The van der Waals surface area contributed by atoms with Crippen molar-refractivity contribution in [1.29, 1.82) is 0 Å². The van der Waals surface area contributed by atoms with Crippen LogP contribution in [-0.4, -0.2) is 29.6 Å². The summed E-state index contributed by atoms with van der Waals surface area (Å²) in [6.45, 7) is 4.46. The van der Waals surface area contributed by atoms with Gasteiger partial charge in [0.1, 0.15) is 0 Å². The summed E-state index contributed by atoms with van der Waals surface area (Å²) in [6.07, 6.45) is 1.66. The van der Waals surface area contributed by atoms with E-state index in [0.717, 1.165) is 11.3 Å². The summed E-state index contributed by atoms with van der Waals surface area (Å²) in [6, 6.07) is 8.90. The standard InChI is InChI=1S/C15H21N3O2S/c1-12(2)13-5-7-15(8-6-13)21(19,20)17(3)11-14-9-10-16-18(14)4/h5-10,12H,11H2,1-4H3. The molecule has 21 heavy (non-hydrogen) atoms. The van der Waals surface area contributed by atoms with E-state index in [9.17, 15) is 8.42 Å². The Morgan fingerprint density at radius 1 is 1.19 bits per heavy atom. The Morgan fingerprint density at radius 2 is 1.81 bits per heavy atom. The van der Waals surface area contributed by atoms with E-state index >= 15 is 0 Å². The molecule has 0 fully saturated rings. The molecule has 0 spiro atoms. The second-order valence-electron chi connectivity index (χ2n) is 5.43. The van der Waals surface area contributed by atoms with Gasteiger partial charge >= 0.3 is 0 Å². The molecule has 0 amide bonds. The third-order valence-electron chi connectivity index (χ3n) is 3.56. The fourth-order valence-electron chi connectivity index (χ4n) is 2.07. The molecule has 0 saturated heterocycles. The van der Waals surface area contributed by atoms with Gasteiger partial charge in [0.15, 0.2) is 0 Å². The van der Waals surface area contributed by atoms with Crippen LogP contribution in [0.5, 0.6) is 0 Å². The molecule has 0 N–H and O–H groups in total. The monoisotopic (exact) mass is 307 g/mol. The van der Waals surface area contributed by atoms with Crippen molar-refractivity contribution in [3.63, 3.8) is 0 Å². The first kappa shape index (κ1) is 15.7. The van der Waals surface area contributed by atoms with E-state index in [1.807, 2.05) is 18.2 Å². The summed E-state index contributed by atoms with van der Waals surface area (Å²) in [5.41, 5.74) is 1.98. The highest BCUT2D eigenvalue weighted by molar-refractivity contribution is 7.89. The lowest BCUT2D eigenvalue weighted by atomic mass is 10.0. The Balaban J connectivity index is 2.22. The second-order valence-corrected chi connectivity index (χ2v) is 7.48. The van der Waals surface area contributed by atoms with Crippen LogP contribution in [0, 0.1) is 0 Å². The molecule has 0 aliphatic heterocycles. The molecule has 0 saturated carbocycles. The topological polar surface area (TPSA) is 55.2 Å². The van der Waals surface area contributed by atoms with Gasteiger partial charge in [-0.05, 0) is 29.7 Å². The maximum Gasteiger partial charge on any atom is 0.243 e. The Kier molecular flexibility index (Phi) is 4.49. The summed E-state index contributed by atoms with van der Waals surface area (Å²) in [7, 11) is -0.101. The van der Waals surface area contributed by atoms with E-state index in [-0.39, 0.29) is 0 Å². The number of aryl methyl sites for hydroxylation is 1. The molecule has 0 bridgehead atoms. The molecule has 5 nitrogen and oxygen atoms in total. The van der Waals surface area contributed by atoms with Gasteiger partial charge in [-0.25, -0.2) is 8.42 Å². The van der Waals surface area contributed by atoms with Crippen molar-refractivity contribution in [2.24, 2.45) is 7.05 Å². The molecule has 0 radical (unpaired) electrons. The van der Waals surface area contributed by atoms with Crippen LogP contribution in [0.25, 0.3) is 0 Å². The largest absolute Gasteiger partial charge is 0.271 e. The van der Waals surface area contributed by atoms with E-state index in [2.05, 4.69) is 18.9 Å². The Hall–Kier alpha value is -1.66. The number of sulfonamides is 1. The highest BCUT2D eigenvalue weighted by Gasteiger charge is 2.21. The maximum absolute atomic E-state index is 12.5. The average Bonchev–Trinajstić information content (AvgIpc) is 2.84. The highest BCUT2D eigenvalue weighted by Crippen LogP contribution is 2.20. The van der Waals surface area contributed by atoms with Crippen molar-refractivity contribution in [2.45, 2.75) is 31.2 Å². The molecule has 0 aliphatic rings. The molecule has 0 aliphatic carbocycles. The first-order chi connectivity index (χ1) is 9.82. The number of rotatable bonds is 5. The van der Waals surface area contributed by atoms with E-state index < -0.39 is 10.0 Å². The van der Waals surface area contributed by atoms with Crippen molar-refractivity contribution in [3.8, 4) is 0 Å². The normalized spacial score (nSPS) is 12.3. The summed E-state index contributed by atoms with van der Waals surface area (Å²) in [5.74, 6) is 0.383. The summed E-state index contributed by atoms with van der Waals surface area (Å²) in [4.78, 5) is 0.316. The van der Waals surface area contributed by atoms with Crippen molar-refractivity contribution in [3.05, 3.63) is 47.8 Å². The zero-order valence-corrected chi connectivity index (χ0v) is 13.6. The Labute approximate surface area is 126 Å². The van der Waals surface area contributed by atoms with Crippen LogP contribution in [0.2, 0.25) is 0 Å². The minimum atomic E-state index is -3.48. The van der Waals surface area contributed by atoms with Gasteiger partial charge in [0.05, 0.1) is 17.1 Å². The summed E-state index contributed by atoms with van der Waals surface area (Å²) >= 11 is 0. The van der Waals surface area contributed by atoms with E-state index in [1.165, 1.54) is 4.31 Å². The second kappa shape index (κ2) is 5.99. The molecule has 2 aromatic rings. The van der Waals surface area contributed by atoms with Crippen LogP contribution in [0.1, 0.15) is 31.0 Å². The van der Waals surface area contributed by atoms with E-state index in [0.29, 0.717) is 17.4 Å². The highest BCUT2D eigenvalue weighted by atomic mass is 32.2. The molecule has 1 aromatic carbocycles. The molecule has 2 rings (SSSR count). The van der Waals surface area contributed by atoms with Crippen molar-refractivity contribution < 1.29 is 8.42 Å². The number of hydrogen-bond donors (Lipinski definition) is 0. The Morgan fingerprint density at radius 3 is 2.29 bits per heavy atom. The van der Waals surface area contributed by atoms with Gasteiger partial charge in [-0.3, -0.25) is 4.68 Å². The fraction of sp³-hybridized carbons (Fsp3) is 0.400. The number of benzene rings is 1. The minimum Gasteiger partial charge on any atom is -0.271 e. The third kappa shape index (κ3) is 3.33. The molecular weight excluding hydrogens is 286 g/mol. The quantitative estimate of drug-likeness (QED) is 0.852. The summed E-state index contributed by atoms with van der Waals surface area (Å²) in [5, 5.41) is 4.05. The molecule has 0 unspecified atom stereocenters. The van der Waals surface area contributed by atoms with E-state index in [1.54, 1.807) is 37.1 Å². The van der Waals surface area contributed by atoms with Crippen LogP contribution >= 0.6 is 0 Å². The van der Waals surface area contributed by atoms with Crippen LogP contribution in [0.4, 0.5) is 0 Å². The number of aromatic nitrogens is 2. The lowest BCUT2D eigenvalue weighted by Gasteiger charge is -2.17. The minimum absolute atomic E-state index is 0.296. The number of nitrogens with zero attached hydrogens (tertiary/aromatic N) is 3. The zero-order valence-electron chi connectivity index (χ0n) is 12.8. The molecule has 0 atom stereocenters. The van der Waals surface area contributed by atoms with Crippen molar-refractivity contribution in [1.82, 2.24) is 14.1 Å². The lowest BCUT2D eigenvalue weighted by molar-refractivity contribution is 0.453. The van der Waals surface area contributed by atoms with Gasteiger partial charge in [-0.1, -0.05) is 26.0 Å². The molecule has 1 aromatic heterocycles. The van der Waals surface area contributed by atoms with Crippen LogP contribution < -0.4 is 0 Å². The van der Waals surface area contributed by atoms with Gasteiger partial charge in [0.2, 0.25) is 10.0 Å². The molecule has 1 heterocycles. The van der Waals surface area contributed by atoms with Gasteiger partial charge in [0, 0.05) is 20.3 Å². The lowest BCUT2D eigenvalue weighted by Crippen LogP contribution is -2.27. The van der Waals surface area contributed by atoms with Crippen molar-refractivity contribution >= 4 is 10.0 Å². The van der Waals surface area contributed by atoms with Gasteiger partial charge in [0.25, 0.3) is 0 Å². The number of hydrogen-bond acceptors (Lipinski definition) is 3. The van der Waals surface area contributed by atoms with Crippen LogP contribution in [-0.2, 0) is 23.6 Å². The predicted molar refractivity (Wildman–Crippen MR) is 82.4 cm³/mol. The first-order valence-corrected chi connectivity index (χ1v) is 8.29. The maximum atomic E-state index is 12.5. The van der Waals surface area contributed by atoms with Gasteiger partial charge in [-0.15, -0.1) is 0 Å².